The van der Waals surface area contributed by atoms with Crippen LogP contribution in [0.25, 0.3) is 0 Å². The van der Waals surface area contributed by atoms with Crippen LogP contribution >= 0.6 is 11.6 Å². The number of hydrogen-bond acceptors (Lipinski definition) is 2. The first kappa shape index (κ1) is 12.7. The van der Waals surface area contributed by atoms with Gasteiger partial charge < -0.3 is 10.5 Å². The average molecular weight is 254 g/mol. The average Bonchev–Trinajstić information content (AvgIpc) is 2.76. The molecule has 17 heavy (non-hydrogen) atoms. The molecule has 1 heterocycles. The monoisotopic (exact) mass is 253 g/mol. The van der Waals surface area contributed by atoms with Crippen LogP contribution in [0.15, 0.2) is 12.1 Å². The molecule has 1 aromatic carbocycles. The van der Waals surface area contributed by atoms with Crippen molar-refractivity contribution in [3.63, 3.8) is 0 Å². The third-order valence-electron chi connectivity index (χ3n) is 3.36. The Labute approximate surface area is 108 Å². The van der Waals surface area contributed by atoms with E-state index in [1.54, 1.807) is 0 Å². The molecule has 0 aromatic heterocycles. The van der Waals surface area contributed by atoms with E-state index in [2.05, 4.69) is 6.92 Å². The molecule has 1 aliphatic heterocycles. The number of hydrogen-bond donors (Lipinski definition) is 1. The van der Waals surface area contributed by atoms with Gasteiger partial charge in [-0.15, -0.1) is 0 Å². The van der Waals surface area contributed by atoms with E-state index in [0.29, 0.717) is 5.92 Å². The van der Waals surface area contributed by atoms with Crippen molar-refractivity contribution in [2.24, 2.45) is 11.7 Å². The van der Waals surface area contributed by atoms with Crippen molar-refractivity contribution in [1.29, 1.82) is 0 Å². The first-order valence-electron chi connectivity index (χ1n) is 6.38. The third kappa shape index (κ3) is 2.93. The van der Waals surface area contributed by atoms with Crippen LogP contribution < -0.4 is 10.5 Å². The van der Waals surface area contributed by atoms with Gasteiger partial charge in [0.1, 0.15) is 5.75 Å². The molecule has 0 spiro atoms. The van der Waals surface area contributed by atoms with Gasteiger partial charge in [-0.1, -0.05) is 24.9 Å². The summed E-state index contributed by atoms with van der Waals surface area (Å²) in [4.78, 5) is 0. The van der Waals surface area contributed by atoms with E-state index in [1.165, 1.54) is 17.5 Å². The molecule has 0 amide bonds. The number of ether oxygens (including phenoxy) is 1. The smallest absolute Gasteiger partial charge is 0.125 e. The van der Waals surface area contributed by atoms with E-state index in [4.69, 9.17) is 22.1 Å². The molecule has 1 aromatic rings. The van der Waals surface area contributed by atoms with Gasteiger partial charge in [-0.3, -0.25) is 0 Å². The molecular formula is C14H20ClNO. The fraction of sp³-hybridized carbons (Fsp3) is 0.571. The minimum Gasteiger partial charge on any atom is -0.493 e. The molecule has 0 fully saturated rings. The van der Waals surface area contributed by atoms with Gasteiger partial charge in [0.2, 0.25) is 0 Å². The molecule has 0 radical (unpaired) electrons. The van der Waals surface area contributed by atoms with Gasteiger partial charge >= 0.3 is 0 Å². The van der Waals surface area contributed by atoms with Gasteiger partial charge in [-0.25, -0.2) is 0 Å². The summed E-state index contributed by atoms with van der Waals surface area (Å²) in [5.41, 5.74) is 8.30. The van der Waals surface area contributed by atoms with Gasteiger partial charge in [-0.2, -0.15) is 0 Å². The molecule has 1 atom stereocenters. The molecule has 2 N–H and O–H groups in total. The van der Waals surface area contributed by atoms with Crippen molar-refractivity contribution in [2.45, 2.75) is 32.6 Å². The maximum absolute atomic E-state index is 6.15. The van der Waals surface area contributed by atoms with Crippen molar-refractivity contribution in [3.8, 4) is 5.75 Å². The van der Waals surface area contributed by atoms with Gasteiger partial charge in [0, 0.05) is 11.4 Å². The minimum absolute atomic E-state index is 0.534. The molecule has 2 rings (SSSR count). The second-order valence-electron chi connectivity index (χ2n) is 4.75. The van der Waals surface area contributed by atoms with Crippen LogP contribution in [0.3, 0.4) is 0 Å². The Morgan fingerprint density at radius 3 is 3.00 bits per heavy atom. The summed E-state index contributed by atoms with van der Waals surface area (Å²) in [6, 6.07) is 4.05. The van der Waals surface area contributed by atoms with Crippen molar-refractivity contribution < 1.29 is 4.74 Å². The van der Waals surface area contributed by atoms with Crippen LogP contribution in [0, 0.1) is 5.92 Å². The Balaban J connectivity index is 2.20. The zero-order chi connectivity index (χ0) is 12.3. The minimum atomic E-state index is 0.534. The number of nitrogens with two attached hydrogens (primary N) is 1. The predicted octanol–water partition coefficient (Wildman–Crippen LogP) is 3.19. The van der Waals surface area contributed by atoms with E-state index < -0.39 is 0 Å². The highest BCUT2D eigenvalue weighted by Crippen LogP contribution is 2.34. The normalized spacial score (nSPS) is 15.5. The molecule has 0 saturated carbocycles. The highest BCUT2D eigenvalue weighted by atomic mass is 35.5. The fourth-order valence-electron chi connectivity index (χ4n) is 2.52. The van der Waals surface area contributed by atoms with Crippen molar-refractivity contribution in [2.75, 3.05) is 13.2 Å². The standard InChI is InChI=1S/C14H20ClNO/c1-2-3-10(9-16)6-12-8-13(15)7-11-4-5-17-14(11)12/h7-8,10H,2-6,9,16H2,1H3. The van der Waals surface area contributed by atoms with Crippen LogP contribution in [0.1, 0.15) is 30.9 Å². The zero-order valence-electron chi connectivity index (χ0n) is 10.3. The van der Waals surface area contributed by atoms with Crippen LogP contribution in [0.5, 0.6) is 5.75 Å². The van der Waals surface area contributed by atoms with Crippen LogP contribution in [-0.2, 0) is 12.8 Å². The summed E-state index contributed by atoms with van der Waals surface area (Å²) in [6.45, 7) is 3.71. The summed E-state index contributed by atoms with van der Waals surface area (Å²) >= 11 is 6.15. The van der Waals surface area contributed by atoms with Crippen molar-refractivity contribution in [1.82, 2.24) is 0 Å². The maximum Gasteiger partial charge on any atom is 0.125 e. The predicted molar refractivity (Wildman–Crippen MR) is 71.8 cm³/mol. The lowest BCUT2D eigenvalue weighted by Gasteiger charge is -2.16. The first-order chi connectivity index (χ1) is 8.24. The number of halogens is 1. The Morgan fingerprint density at radius 1 is 1.47 bits per heavy atom. The van der Waals surface area contributed by atoms with E-state index in [0.717, 1.165) is 43.2 Å². The van der Waals surface area contributed by atoms with E-state index >= 15 is 0 Å². The highest BCUT2D eigenvalue weighted by molar-refractivity contribution is 6.30. The van der Waals surface area contributed by atoms with E-state index in [9.17, 15) is 0 Å². The van der Waals surface area contributed by atoms with Gasteiger partial charge in [-0.05, 0) is 48.6 Å². The largest absolute Gasteiger partial charge is 0.493 e. The maximum atomic E-state index is 6.15. The van der Waals surface area contributed by atoms with Gasteiger partial charge in [0.25, 0.3) is 0 Å². The van der Waals surface area contributed by atoms with E-state index in [1.807, 2.05) is 12.1 Å². The van der Waals surface area contributed by atoms with Gasteiger partial charge in [0.15, 0.2) is 0 Å². The Hall–Kier alpha value is -0.730. The number of benzene rings is 1. The summed E-state index contributed by atoms with van der Waals surface area (Å²) in [7, 11) is 0. The zero-order valence-corrected chi connectivity index (χ0v) is 11.1. The second kappa shape index (κ2) is 5.74. The number of fused-ring (bicyclic) bond motifs is 1. The van der Waals surface area contributed by atoms with Crippen LogP contribution in [0.4, 0.5) is 0 Å². The molecule has 3 heteroatoms. The Kier molecular flexibility index (Phi) is 4.30. The summed E-state index contributed by atoms with van der Waals surface area (Å²) in [5.74, 6) is 1.59. The lowest BCUT2D eigenvalue weighted by atomic mass is 9.93. The molecular weight excluding hydrogens is 234 g/mol. The van der Waals surface area contributed by atoms with Gasteiger partial charge in [0.05, 0.1) is 6.61 Å². The summed E-state index contributed by atoms with van der Waals surface area (Å²) in [5, 5.41) is 0.816. The second-order valence-corrected chi connectivity index (χ2v) is 5.18. The van der Waals surface area contributed by atoms with E-state index in [-0.39, 0.29) is 0 Å². The molecule has 0 saturated heterocycles. The van der Waals surface area contributed by atoms with Crippen LogP contribution in [0.2, 0.25) is 5.02 Å². The Morgan fingerprint density at radius 2 is 2.29 bits per heavy atom. The van der Waals surface area contributed by atoms with Crippen LogP contribution in [-0.4, -0.2) is 13.2 Å². The lowest BCUT2D eigenvalue weighted by Crippen LogP contribution is -2.17. The van der Waals surface area contributed by atoms with Crippen molar-refractivity contribution in [3.05, 3.63) is 28.3 Å². The molecule has 94 valence electrons. The molecule has 0 aliphatic carbocycles. The molecule has 1 unspecified atom stereocenters. The Bertz CT molecular complexity index is 392. The first-order valence-corrected chi connectivity index (χ1v) is 6.76. The summed E-state index contributed by atoms with van der Waals surface area (Å²) in [6.07, 6.45) is 4.29. The SMILES string of the molecule is CCCC(CN)Cc1cc(Cl)cc2c1OCC2. The third-order valence-corrected chi connectivity index (χ3v) is 3.58. The summed E-state index contributed by atoms with van der Waals surface area (Å²) < 4.78 is 5.71. The topological polar surface area (TPSA) is 35.2 Å². The molecule has 2 nitrogen and oxygen atoms in total. The van der Waals surface area contributed by atoms with Crippen molar-refractivity contribution >= 4 is 11.6 Å². The lowest BCUT2D eigenvalue weighted by molar-refractivity contribution is 0.350. The quantitative estimate of drug-likeness (QED) is 0.875. The highest BCUT2D eigenvalue weighted by Gasteiger charge is 2.19. The molecule has 0 bridgehead atoms. The number of rotatable bonds is 5. The fourth-order valence-corrected chi connectivity index (χ4v) is 2.78. The molecule has 1 aliphatic rings.